The standard InChI is InChI=1S/C16H13N3O3/c1-18-8-7-11(10-18)9-13-14(20)17-16(22)19(15(13)21)12-5-3-2-4-6-12/h2-10H,1H3,(H,17,20,22)/b13-9-. The molecule has 2 heterocycles. The van der Waals surface area contributed by atoms with Gasteiger partial charge in [0.15, 0.2) is 0 Å². The molecule has 1 saturated heterocycles. The molecule has 6 heteroatoms. The summed E-state index contributed by atoms with van der Waals surface area (Å²) >= 11 is 0. The molecule has 2 aromatic rings. The van der Waals surface area contributed by atoms with E-state index in [4.69, 9.17) is 0 Å². The number of barbiturate groups is 1. The zero-order valence-electron chi connectivity index (χ0n) is 11.8. The van der Waals surface area contributed by atoms with E-state index in [0.717, 1.165) is 4.90 Å². The number of imide groups is 2. The van der Waals surface area contributed by atoms with Crippen LogP contribution in [0.3, 0.4) is 0 Å². The van der Waals surface area contributed by atoms with Crippen molar-refractivity contribution in [2.75, 3.05) is 4.90 Å². The second-order valence-electron chi connectivity index (χ2n) is 4.90. The first-order valence-electron chi connectivity index (χ1n) is 6.65. The van der Waals surface area contributed by atoms with Crippen molar-refractivity contribution in [1.82, 2.24) is 9.88 Å². The van der Waals surface area contributed by atoms with E-state index < -0.39 is 17.8 Å². The molecule has 1 aromatic carbocycles. The van der Waals surface area contributed by atoms with E-state index in [1.54, 1.807) is 53.4 Å². The van der Waals surface area contributed by atoms with Crippen molar-refractivity contribution in [1.29, 1.82) is 0 Å². The van der Waals surface area contributed by atoms with E-state index >= 15 is 0 Å². The first-order chi connectivity index (χ1) is 10.6. The number of rotatable bonds is 2. The van der Waals surface area contributed by atoms with Gasteiger partial charge in [-0.15, -0.1) is 0 Å². The lowest BCUT2D eigenvalue weighted by atomic mass is 10.1. The average molecular weight is 295 g/mol. The van der Waals surface area contributed by atoms with Crippen LogP contribution in [0.25, 0.3) is 6.08 Å². The molecule has 6 nitrogen and oxygen atoms in total. The van der Waals surface area contributed by atoms with E-state index in [-0.39, 0.29) is 5.57 Å². The van der Waals surface area contributed by atoms with Gasteiger partial charge >= 0.3 is 6.03 Å². The summed E-state index contributed by atoms with van der Waals surface area (Å²) in [5.74, 6) is -1.32. The lowest BCUT2D eigenvalue weighted by molar-refractivity contribution is -0.122. The molecule has 1 aliphatic heterocycles. The van der Waals surface area contributed by atoms with Crippen molar-refractivity contribution in [2.45, 2.75) is 0 Å². The number of benzene rings is 1. The quantitative estimate of drug-likeness (QED) is 0.677. The minimum atomic E-state index is -0.744. The molecule has 4 amide bonds. The van der Waals surface area contributed by atoms with Gasteiger partial charge in [0.25, 0.3) is 11.8 Å². The van der Waals surface area contributed by atoms with Gasteiger partial charge in [0.05, 0.1) is 5.69 Å². The number of nitrogens with one attached hydrogen (secondary N) is 1. The smallest absolute Gasteiger partial charge is 0.335 e. The molecular formula is C16H13N3O3. The Morgan fingerprint density at radius 3 is 2.41 bits per heavy atom. The van der Waals surface area contributed by atoms with Crippen LogP contribution in [-0.4, -0.2) is 22.4 Å². The lowest BCUT2D eigenvalue weighted by Crippen LogP contribution is -2.54. The highest BCUT2D eigenvalue weighted by molar-refractivity contribution is 6.39. The van der Waals surface area contributed by atoms with Crippen molar-refractivity contribution in [2.24, 2.45) is 7.05 Å². The Balaban J connectivity index is 2.01. The van der Waals surface area contributed by atoms with Crippen molar-refractivity contribution in [3.05, 3.63) is 59.9 Å². The fourth-order valence-corrected chi connectivity index (χ4v) is 2.25. The number of anilines is 1. The van der Waals surface area contributed by atoms with Gasteiger partial charge < -0.3 is 4.57 Å². The highest BCUT2D eigenvalue weighted by Crippen LogP contribution is 2.21. The van der Waals surface area contributed by atoms with Crippen LogP contribution < -0.4 is 10.2 Å². The molecule has 1 aliphatic rings. The Morgan fingerprint density at radius 1 is 1.05 bits per heavy atom. The van der Waals surface area contributed by atoms with Crippen molar-refractivity contribution < 1.29 is 14.4 Å². The predicted molar refractivity (Wildman–Crippen MR) is 80.9 cm³/mol. The number of urea groups is 1. The number of aryl methyl sites for hydroxylation is 1. The Bertz CT molecular complexity index is 790. The van der Waals surface area contributed by atoms with Gasteiger partial charge in [-0.25, -0.2) is 9.69 Å². The van der Waals surface area contributed by atoms with Crippen LogP contribution in [0.1, 0.15) is 5.56 Å². The number of hydrogen-bond donors (Lipinski definition) is 1. The number of carbonyl (C=O) groups excluding carboxylic acids is 3. The van der Waals surface area contributed by atoms with Gasteiger partial charge in [-0.2, -0.15) is 0 Å². The zero-order chi connectivity index (χ0) is 15.7. The fraction of sp³-hybridized carbons (Fsp3) is 0.0625. The summed E-state index contributed by atoms with van der Waals surface area (Å²) in [4.78, 5) is 37.4. The van der Waals surface area contributed by atoms with E-state index in [1.165, 1.54) is 6.08 Å². The maximum Gasteiger partial charge on any atom is 0.335 e. The highest BCUT2D eigenvalue weighted by atomic mass is 16.2. The zero-order valence-corrected chi connectivity index (χ0v) is 11.8. The Kier molecular flexibility index (Phi) is 3.34. The molecule has 0 radical (unpaired) electrons. The van der Waals surface area contributed by atoms with Crippen LogP contribution in [0.2, 0.25) is 0 Å². The molecular weight excluding hydrogens is 282 g/mol. The van der Waals surface area contributed by atoms with Gasteiger partial charge in [0.1, 0.15) is 5.57 Å². The summed E-state index contributed by atoms with van der Waals surface area (Å²) in [6, 6.07) is 9.51. The predicted octanol–water partition coefficient (Wildman–Crippen LogP) is 1.69. The van der Waals surface area contributed by atoms with E-state index in [2.05, 4.69) is 5.32 Å². The number of nitrogens with zero attached hydrogens (tertiary/aromatic N) is 2. The second-order valence-corrected chi connectivity index (χ2v) is 4.90. The third-order valence-corrected chi connectivity index (χ3v) is 3.28. The summed E-state index contributed by atoms with van der Waals surface area (Å²) in [6.45, 7) is 0. The van der Waals surface area contributed by atoms with Crippen LogP contribution >= 0.6 is 0 Å². The first kappa shape index (κ1) is 13.8. The number of carbonyl (C=O) groups is 3. The number of hydrogen-bond acceptors (Lipinski definition) is 3. The number of aromatic nitrogens is 1. The van der Waals surface area contributed by atoms with E-state index in [1.807, 2.05) is 7.05 Å². The SMILES string of the molecule is Cn1ccc(/C=C2/C(=O)NC(=O)N(c3ccccc3)C2=O)c1. The van der Waals surface area contributed by atoms with E-state index in [0.29, 0.717) is 11.3 Å². The van der Waals surface area contributed by atoms with Crippen LogP contribution in [0.4, 0.5) is 10.5 Å². The largest absolute Gasteiger partial charge is 0.357 e. The van der Waals surface area contributed by atoms with Crippen LogP contribution in [0.15, 0.2) is 54.4 Å². The fourth-order valence-electron chi connectivity index (χ4n) is 2.25. The van der Waals surface area contributed by atoms with Crippen LogP contribution in [0.5, 0.6) is 0 Å². The lowest BCUT2D eigenvalue weighted by Gasteiger charge is -2.26. The molecule has 1 fully saturated rings. The van der Waals surface area contributed by atoms with Gasteiger partial charge in [0.2, 0.25) is 0 Å². The monoisotopic (exact) mass is 295 g/mol. The van der Waals surface area contributed by atoms with Gasteiger partial charge in [-0.1, -0.05) is 18.2 Å². The third kappa shape index (κ3) is 2.42. The summed E-state index contributed by atoms with van der Waals surface area (Å²) in [7, 11) is 1.84. The van der Waals surface area contributed by atoms with Gasteiger partial charge in [0, 0.05) is 19.4 Å². The maximum atomic E-state index is 12.5. The summed E-state index contributed by atoms with van der Waals surface area (Å²) in [5.41, 5.74) is 1.05. The van der Waals surface area contributed by atoms with Crippen molar-refractivity contribution in [3.8, 4) is 0 Å². The highest BCUT2D eigenvalue weighted by Gasteiger charge is 2.36. The van der Waals surface area contributed by atoms with Crippen molar-refractivity contribution in [3.63, 3.8) is 0 Å². The average Bonchev–Trinajstić information content (AvgIpc) is 2.90. The van der Waals surface area contributed by atoms with Crippen LogP contribution in [-0.2, 0) is 16.6 Å². The molecule has 3 rings (SSSR count). The minimum Gasteiger partial charge on any atom is -0.357 e. The summed E-state index contributed by atoms with van der Waals surface area (Å²) < 4.78 is 1.80. The second kappa shape index (κ2) is 5.33. The minimum absolute atomic E-state index is 0.0744. The first-order valence-corrected chi connectivity index (χ1v) is 6.65. The Hall–Kier alpha value is -3.15. The van der Waals surface area contributed by atoms with Gasteiger partial charge in [-0.3, -0.25) is 14.9 Å². The molecule has 0 spiro atoms. The normalized spacial score (nSPS) is 17.0. The molecule has 22 heavy (non-hydrogen) atoms. The molecule has 0 aliphatic carbocycles. The van der Waals surface area contributed by atoms with Gasteiger partial charge in [-0.05, 0) is 29.8 Å². The molecule has 0 saturated carbocycles. The molecule has 0 atom stereocenters. The van der Waals surface area contributed by atoms with Crippen LogP contribution in [0, 0.1) is 0 Å². The van der Waals surface area contributed by atoms with E-state index in [9.17, 15) is 14.4 Å². The summed E-state index contributed by atoms with van der Waals surface area (Å²) in [6.07, 6.45) is 5.05. The maximum absolute atomic E-state index is 12.5. The molecule has 1 aromatic heterocycles. The molecule has 0 unspecified atom stereocenters. The Labute approximate surface area is 126 Å². The summed E-state index contributed by atoms with van der Waals surface area (Å²) in [5, 5.41) is 2.19. The molecule has 110 valence electrons. The Morgan fingerprint density at radius 2 is 1.77 bits per heavy atom. The molecule has 1 N–H and O–H groups in total. The number of para-hydroxylation sites is 1. The third-order valence-electron chi connectivity index (χ3n) is 3.28. The molecule has 0 bridgehead atoms. The topological polar surface area (TPSA) is 71.4 Å². The number of amides is 4. The van der Waals surface area contributed by atoms with Crippen molar-refractivity contribution >= 4 is 29.6 Å².